The lowest BCUT2D eigenvalue weighted by molar-refractivity contribution is -0.0273. The standard InChI is InChI=1S/C18H21NO3/c1-4-21-12-22-18(20)15-9-5-6-10-17(15)19-16-11-7-8-13(2)14(16)3/h5-11,19H,4,12H2,1-3H3. The zero-order valence-corrected chi connectivity index (χ0v) is 13.2. The maximum Gasteiger partial charge on any atom is 0.342 e. The molecular formula is C18H21NO3. The molecule has 0 atom stereocenters. The number of rotatable bonds is 6. The maximum absolute atomic E-state index is 12.1. The van der Waals surface area contributed by atoms with E-state index in [1.165, 1.54) is 5.56 Å². The van der Waals surface area contributed by atoms with Gasteiger partial charge >= 0.3 is 5.97 Å². The first-order chi connectivity index (χ1) is 10.6. The third-order valence-electron chi connectivity index (χ3n) is 3.50. The van der Waals surface area contributed by atoms with Gasteiger partial charge in [0.25, 0.3) is 0 Å². The molecule has 0 spiro atoms. The van der Waals surface area contributed by atoms with Crippen LogP contribution >= 0.6 is 0 Å². The van der Waals surface area contributed by atoms with E-state index in [2.05, 4.69) is 18.3 Å². The molecule has 22 heavy (non-hydrogen) atoms. The Morgan fingerprint density at radius 1 is 1.05 bits per heavy atom. The number of aryl methyl sites for hydroxylation is 1. The fourth-order valence-electron chi connectivity index (χ4n) is 2.06. The first kappa shape index (κ1) is 16.0. The summed E-state index contributed by atoms with van der Waals surface area (Å²) >= 11 is 0. The van der Waals surface area contributed by atoms with Crippen LogP contribution in [0.5, 0.6) is 0 Å². The van der Waals surface area contributed by atoms with Crippen molar-refractivity contribution in [3.05, 3.63) is 59.2 Å². The van der Waals surface area contributed by atoms with E-state index in [4.69, 9.17) is 9.47 Å². The van der Waals surface area contributed by atoms with Crippen LogP contribution in [0.3, 0.4) is 0 Å². The predicted octanol–water partition coefficient (Wildman–Crippen LogP) is 4.20. The number of carbonyl (C=O) groups is 1. The van der Waals surface area contributed by atoms with Crippen LogP contribution in [0.4, 0.5) is 11.4 Å². The van der Waals surface area contributed by atoms with Crippen LogP contribution in [0.25, 0.3) is 0 Å². The van der Waals surface area contributed by atoms with E-state index >= 15 is 0 Å². The molecule has 0 radical (unpaired) electrons. The van der Waals surface area contributed by atoms with Gasteiger partial charge in [-0.2, -0.15) is 0 Å². The van der Waals surface area contributed by atoms with Gasteiger partial charge in [0, 0.05) is 12.3 Å². The first-order valence-electron chi connectivity index (χ1n) is 7.30. The molecule has 0 aromatic heterocycles. The summed E-state index contributed by atoms with van der Waals surface area (Å²) in [7, 11) is 0. The number of carbonyl (C=O) groups excluding carboxylic acids is 1. The van der Waals surface area contributed by atoms with E-state index in [0.29, 0.717) is 12.2 Å². The minimum absolute atomic E-state index is 0.0346. The molecule has 0 fully saturated rings. The Morgan fingerprint density at radius 2 is 1.77 bits per heavy atom. The second-order valence-corrected chi connectivity index (χ2v) is 4.96. The zero-order chi connectivity index (χ0) is 15.9. The first-order valence-corrected chi connectivity index (χ1v) is 7.30. The van der Waals surface area contributed by atoms with Crippen LogP contribution in [0.1, 0.15) is 28.4 Å². The maximum atomic E-state index is 12.1. The molecule has 0 bridgehead atoms. The number of ether oxygens (including phenoxy) is 2. The third-order valence-corrected chi connectivity index (χ3v) is 3.50. The minimum atomic E-state index is -0.401. The van der Waals surface area contributed by atoms with Gasteiger partial charge in [-0.05, 0) is 50.1 Å². The van der Waals surface area contributed by atoms with Crippen LogP contribution in [-0.4, -0.2) is 19.4 Å². The number of anilines is 2. The third kappa shape index (κ3) is 3.86. The van der Waals surface area contributed by atoms with Gasteiger partial charge in [-0.3, -0.25) is 0 Å². The van der Waals surface area contributed by atoms with Gasteiger partial charge < -0.3 is 14.8 Å². The average molecular weight is 299 g/mol. The molecule has 0 saturated carbocycles. The highest BCUT2D eigenvalue weighted by molar-refractivity contribution is 5.96. The van der Waals surface area contributed by atoms with Crippen molar-refractivity contribution >= 4 is 17.3 Å². The smallest absolute Gasteiger partial charge is 0.342 e. The molecule has 0 aliphatic rings. The number of nitrogens with one attached hydrogen (secondary N) is 1. The van der Waals surface area contributed by atoms with Gasteiger partial charge in [0.2, 0.25) is 0 Å². The molecule has 2 rings (SSSR count). The predicted molar refractivity (Wildman–Crippen MR) is 87.5 cm³/mol. The highest BCUT2D eigenvalue weighted by Crippen LogP contribution is 2.25. The van der Waals surface area contributed by atoms with Crippen molar-refractivity contribution in [2.24, 2.45) is 0 Å². The summed E-state index contributed by atoms with van der Waals surface area (Å²) < 4.78 is 10.2. The van der Waals surface area contributed by atoms with E-state index in [9.17, 15) is 4.79 Å². The second-order valence-electron chi connectivity index (χ2n) is 4.96. The zero-order valence-electron chi connectivity index (χ0n) is 13.2. The number of hydrogen-bond acceptors (Lipinski definition) is 4. The minimum Gasteiger partial charge on any atom is -0.435 e. The summed E-state index contributed by atoms with van der Waals surface area (Å²) in [6.45, 7) is 6.43. The van der Waals surface area contributed by atoms with Crippen molar-refractivity contribution in [1.29, 1.82) is 0 Å². The molecule has 0 heterocycles. The lowest BCUT2D eigenvalue weighted by Crippen LogP contribution is -2.11. The quantitative estimate of drug-likeness (QED) is 0.493. The molecule has 0 aliphatic carbocycles. The molecule has 2 aromatic rings. The summed E-state index contributed by atoms with van der Waals surface area (Å²) in [5, 5.41) is 3.31. The normalized spacial score (nSPS) is 10.3. The number of para-hydroxylation sites is 1. The number of benzene rings is 2. The van der Waals surface area contributed by atoms with Crippen LogP contribution in [0, 0.1) is 13.8 Å². The highest BCUT2D eigenvalue weighted by Gasteiger charge is 2.13. The second kappa shape index (κ2) is 7.61. The molecule has 2 aromatic carbocycles. The van der Waals surface area contributed by atoms with E-state index in [1.54, 1.807) is 6.07 Å². The molecular weight excluding hydrogens is 278 g/mol. The Bertz CT molecular complexity index is 653. The average Bonchev–Trinajstić information content (AvgIpc) is 2.52. The van der Waals surface area contributed by atoms with Gasteiger partial charge in [0.05, 0.1) is 11.3 Å². The van der Waals surface area contributed by atoms with Gasteiger partial charge in [-0.25, -0.2) is 4.79 Å². The monoisotopic (exact) mass is 299 g/mol. The molecule has 1 N–H and O–H groups in total. The Hall–Kier alpha value is -2.33. The summed E-state index contributed by atoms with van der Waals surface area (Å²) in [5.74, 6) is -0.401. The van der Waals surface area contributed by atoms with Crippen molar-refractivity contribution in [3.8, 4) is 0 Å². The van der Waals surface area contributed by atoms with Gasteiger partial charge in [0.1, 0.15) is 0 Å². The highest BCUT2D eigenvalue weighted by atomic mass is 16.7. The summed E-state index contributed by atoms with van der Waals surface area (Å²) in [6.07, 6.45) is 0. The molecule has 4 heteroatoms. The van der Waals surface area contributed by atoms with E-state index in [1.807, 2.05) is 44.2 Å². The van der Waals surface area contributed by atoms with Crippen molar-refractivity contribution < 1.29 is 14.3 Å². The molecule has 116 valence electrons. The lowest BCUT2D eigenvalue weighted by Gasteiger charge is -2.14. The van der Waals surface area contributed by atoms with Crippen molar-refractivity contribution in [1.82, 2.24) is 0 Å². The largest absolute Gasteiger partial charge is 0.435 e. The number of hydrogen-bond donors (Lipinski definition) is 1. The van der Waals surface area contributed by atoms with Crippen LogP contribution in [0.15, 0.2) is 42.5 Å². The van der Waals surface area contributed by atoms with E-state index in [-0.39, 0.29) is 6.79 Å². The van der Waals surface area contributed by atoms with Crippen molar-refractivity contribution in [3.63, 3.8) is 0 Å². The van der Waals surface area contributed by atoms with Crippen LogP contribution < -0.4 is 5.32 Å². The molecule has 0 aliphatic heterocycles. The molecule has 4 nitrogen and oxygen atoms in total. The van der Waals surface area contributed by atoms with E-state index < -0.39 is 5.97 Å². The Kier molecular flexibility index (Phi) is 5.55. The Labute approximate surface area is 131 Å². The fourth-order valence-corrected chi connectivity index (χ4v) is 2.06. The lowest BCUT2D eigenvalue weighted by atomic mass is 10.1. The molecule has 0 amide bonds. The Balaban J connectivity index is 2.21. The van der Waals surface area contributed by atoms with Crippen molar-refractivity contribution in [2.75, 3.05) is 18.7 Å². The summed E-state index contributed by atoms with van der Waals surface area (Å²) in [5.41, 5.74) is 4.53. The van der Waals surface area contributed by atoms with Gasteiger partial charge in [0.15, 0.2) is 6.79 Å². The van der Waals surface area contributed by atoms with E-state index in [0.717, 1.165) is 16.9 Å². The van der Waals surface area contributed by atoms with Crippen LogP contribution in [0.2, 0.25) is 0 Å². The number of esters is 1. The van der Waals surface area contributed by atoms with Crippen molar-refractivity contribution in [2.45, 2.75) is 20.8 Å². The summed E-state index contributed by atoms with van der Waals surface area (Å²) in [4.78, 5) is 12.1. The SMILES string of the molecule is CCOCOC(=O)c1ccccc1Nc1cccc(C)c1C. The topological polar surface area (TPSA) is 47.6 Å². The summed E-state index contributed by atoms with van der Waals surface area (Å²) in [6, 6.07) is 13.3. The van der Waals surface area contributed by atoms with Gasteiger partial charge in [-0.15, -0.1) is 0 Å². The van der Waals surface area contributed by atoms with Crippen LogP contribution in [-0.2, 0) is 9.47 Å². The van der Waals surface area contributed by atoms with Gasteiger partial charge in [-0.1, -0.05) is 24.3 Å². The molecule has 0 unspecified atom stereocenters. The fraction of sp³-hybridized carbons (Fsp3) is 0.278. The Morgan fingerprint density at radius 3 is 2.55 bits per heavy atom. The molecule has 0 saturated heterocycles.